The van der Waals surface area contributed by atoms with Crippen LogP contribution in [0.2, 0.25) is 0 Å². The van der Waals surface area contributed by atoms with Crippen LogP contribution < -0.4 is 5.49 Å². The number of benzene rings is 2. The molecule has 3 rings (SSSR count). The number of nitrogens with one attached hydrogen (secondary N) is 1. The maximum Gasteiger partial charge on any atom is 0.146 e. The van der Waals surface area contributed by atoms with E-state index in [1.165, 1.54) is 0 Å². The number of pyridine rings is 1. The van der Waals surface area contributed by atoms with E-state index in [4.69, 9.17) is 5.41 Å². The number of aldehydes is 1. The molecule has 26 heavy (non-hydrogen) atoms. The lowest BCUT2D eigenvalue weighted by molar-refractivity contribution is -0.115. The fraction of sp³-hybridized carbons (Fsp3) is 0.217. The molecule has 3 nitrogen and oxygen atoms in total. The van der Waals surface area contributed by atoms with Crippen molar-refractivity contribution in [1.29, 1.82) is 5.41 Å². The molecule has 0 spiro atoms. The molecule has 3 heteroatoms. The minimum absolute atomic E-state index is 0.362. The maximum atomic E-state index is 12.5. The monoisotopic (exact) mass is 344 g/mol. The first-order valence-corrected chi connectivity index (χ1v) is 8.84. The third kappa shape index (κ3) is 3.67. The first kappa shape index (κ1) is 17.9. The Morgan fingerprint density at radius 3 is 1.81 bits per heavy atom. The van der Waals surface area contributed by atoms with Gasteiger partial charge in [0.15, 0.2) is 0 Å². The van der Waals surface area contributed by atoms with Crippen molar-refractivity contribution in [2.75, 3.05) is 0 Å². The Morgan fingerprint density at radius 2 is 1.38 bits per heavy atom. The molecule has 1 N–H and O–H groups in total. The van der Waals surface area contributed by atoms with Gasteiger partial charge in [-0.1, -0.05) is 60.7 Å². The van der Waals surface area contributed by atoms with Crippen molar-refractivity contribution >= 4 is 6.29 Å². The molecule has 1 aromatic heterocycles. The largest absolute Gasteiger partial charge is 0.317 e. The number of nitrogens with zero attached hydrogens (tertiary/aromatic N) is 1. The van der Waals surface area contributed by atoms with Crippen molar-refractivity contribution in [2.45, 2.75) is 32.2 Å². The Bertz CT molecular complexity index is 901. The summed E-state index contributed by atoms with van der Waals surface area (Å²) in [5, 5.41) is 8.55. The number of hydrogen-bond donors (Lipinski definition) is 1. The van der Waals surface area contributed by atoms with Crippen molar-refractivity contribution in [3.8, 4) is 0 Å². The number of carbonyl (C=O) groups excluding carboxylic acids is 1. The number of carbonyl (C=O) groups is 1. The summed E-state index contributed by atoms with van der Waals surface area (Å²) in [4.78, 5) is 12.5. The molecule has 3 aromatic rings. The second kappa shape index (κ2) is 7.52. The molecule has 132 valence electrons. The summed E-state index contributed by atoms with van der Waals surface area (Å²) in [6.07, 6.45) is 2.12. The molecule has 0 aliphatic rings. The highest BCUT2D eigenvalue weighted by atomic mass is 16.1. The van der Waals surface area contributed by atoms with Crippen LogP contribution in [0.25, 0.3) is 0 Å². The third-order valence-corrected chi connectivity index (χ3v) is 4.77. The van der Waals surface area contributed by atoms with E-state index in [1.54, 1.807) is 0 Å². The zero-order chi connectivity index (χ0) is 18.6. The lowest BCUT2D eigenvalue weighted by Gasteiger charge is -2.34. The van der Waals surface area contributed by atoms with Gasteiger partial charge in [0.25, 0.3) is 0 Å². The molecule has 1 heterocycles. The van der Waals surface area contributed by atoms with Gasteiger partial charge < -0.3 is 9.36 Å². The minimum atomic E-state index is -0.836. The first-order valence-electron chi connectivity index (χ1n) is 8.84. The predicted molar refractivity (Wildman–Crippen MR) is 104 cm³/mol. The smallest absolute Gasteiger partial charge is 0.146 e. The molecule has 0 radical (unpaired) electrons. The molecule has 0 aliphatic carbocycles. The topological polar surface area (TPSA) is 45.9 Å². The van der Waals surface area contributed by atoms with Crippen LogP contribution in [0.4, 0.5) is 0 Å². The van der Waals surface area contributed by atoms with Crippen LogP contribution >= 0.6 is 0 Å². The van der Waals surface area contributed by atoms with E-state index < -0.39 is 5.54 Å². The number of aryl methyl sites for hydroxylation is 2. The molecule has 0 fully saturated rings. The van der Waals surface area contributed by atoms with E-state index in [0.29, 0.717) is 18.3 Å². The molecule has 0 amide bonds. The van der Waals surface area contributed by atoms with Crippen molar-refractivity contribution in [3.05, 3.63) is 101 Å². The lowest BCUT2D eigenvalue weighted by Crippen LogP contribution is -2.47. The van der Waals surface area contributed by atoms with Crippen LogP contribution in [-0.4, -0.2) is 10.9 Å². The summed E-state index contributed by atoms with van der Waals surface area (Å²) in [7, 11) is 0. The first-order chi connectivity index (χ1) is 12.5. The van der Waals surface area contributed by atoms with Crippen LogP contribution in [0.3, 0.4) is 0 Å². The average molecular weight is 344 g/mol. The SMILES string of the molecule is Cc1cc(C)n(C(C=O)(Cc2ccccc2)Cc2ccccc2)c(=N)c1. The Morgan fingerprint density at radius 1 is 0.885 bits per heavy atom. The molecule has 0 saturated carbocycles. The predicted octanol–water partition coefficient (Wildman–Crippen LogP) is 3.96. The Balaban J connectivity index is 2.17. The summed E-state index contributed by atoms with van der Waals surface area (Å²) in [5.41, 5.74) is 3.65. The summed E-state index contributed by atoms with van der Waals surface area (Å²) in [5.74, 6) is 0. The summed E-state index contributed by atoms with van der Waals surface area (Å²) >= 11 is 0. The van der Waals surface area contributed by atoms with Gasteiger partial charge in [-0.15, -0.1) is 0 Å². The highest BCUT2D eigenvalue weighted by molar-refractivity contribution is 5.64. The van der Waals surface area contributed by atoms with Crippen molar-refractivity contribution in [1.82, 2.24) is 4.57 Å². The molecular weight excluding hydrogens is 320 g/mol. The lowest BCUT2D eigenvalue weighted by atomic mass is 9.84. The van der Waals surface area contributed by atoms with E-state index in [-0.39, 0.29) is 0 Å². The standard InChI is InChI=1S/C23H24N2O/c1-18-13-19(2)25(22(24)14-18)23(17-26,15-20-9-5-3-6-10-20)16-21-11-7-4-8-12-21/h3-14,17,24H,15-16H2,1-2H3. The Labute approximate surface area is 154 Å². The molecule has 0 saturated heterocycles. The van der Waals surface area contributed by atoms with E-state index in [1.807, 2.05) is 91.2 Å². The fourth-order valence-electron chi connectivity index (χ4n) is 3.75. The van der Waals surface area contributed by atoms with Crippen LogP contribution in [0.1, 0.15) is 22.4 Å². The number of aromatic nitrogens is 1. The van der Waals surface area contributed by atoms with Gasteiger partial charge >= 0.3 is 0 Å². The summed E-state index contributed by atoms with van der Waals surface area (Å²) in [6, 6.07) is 23.9. The number of hydrogen-bond acceptors (Lipinski definition) is 2. The van der Waals surface area contributed by atoms with Crippen LogP contribution in [0.5, 0.6) is 0 Å². The van der Waals surface area contributed by atoms with Gasteiger partial charge in [-0.05, 0) is 42.7 Å². The van der Waals surface area contributed by atoms with Crippen molar-refractivity contribution in [3.63, 3.8) is 0 Å². The Hall–Kier alpha value is -2.94. The zero-order valence-electron chi connectivity index (χ0n) is 15.3. The summed E-state index contributed by atoms with van der Waals surface area (Å²) in [6.45, 7) is 3.95. The number of rotatable bonds is 6. The molecule has 2 aromatic carbocycles. The molecular formula is C23H24N2O. The van der Waals surface area contributed by atoms with Crippen LogP contribution in [0, 0.1) is 19.3 Å². The van der Waals surface area contributed by atoms with Gasteiger partial charge in [0.2, 0.25) is 0 Å². The fourth-order valence-corrected chi connectivity index (χ4v) is 3.75. The van der Waals surface area contributed by atoms with Gasteiger partial charge in [-0.3, -0.25) is 5.41 Å². The second-order valence-electron chi connectivity index (χ2n) is 6.94. The second-order valence-corrected chi connectivity index (χ2v) is 6.94. The Kier molecular flexibility index (Phi) is 5.17. The van der Waals surface area contributed by atoms with Crippen molar-refractivity contribution in [2.24, 2.45) is 0 Å². The molecule has 0 aliphatic heterocycles. The molecule has 0 atom stereocenters. The minimum Gasteiger partial charge on any atom is -0.317 e. The van der Waals surface area contributed by atoms with E-state index in [0.717, 1.165) is 28.7 Å². The third-order valence-electron chi connectivity index (χ3n) is 4.77. The van der Waals surface area contributed by atoms with Crippen molar-refractivity contribution < 1.29 is 4.79 Å². The van der Waals surface area contributed by atoms with Gasteiger partial charge in [-0.25, -0.2) is 0 Å². The average Bonchev–Trinajstić information content (AvgIpc) is 2.62. The van der Waals surface area contributed by atoms with Gasteiger partial charge in [0.1, 0.15) is 17.3 Å². The maximum absolute atomic E-state index is 12.5. The van der Waals surface area contributed by atoms with Crippen LogP contribution in [0.15, 0.2) is 72.8 Å². The van der Waals surface area contributed by atoms with Crippen LogP contribution in [-0.2, 0) is 23.2 Å². The highest BCUT2D eigenvalue weighted by Gasteiger charge is 2.34. The molecule has 0 unspecified atom stereocenters. The normalized spacial score (nSPS) is 11.3. The molecule has 0 bridgehead atoms. The van der Waals surface area contributed by atoms with Gasteiger partial charge in [-0.2, -0.15) is 0 Å². The quantitative estimate of drug-likeness (QED) is 0.676. The van der Waals surface area contributed by atoms with E-state index in [2.05, 4.69) is 0 Å². The highest BCUT2D eigenvalue weighted by Crippen LogP contribution is 2.26. The van der Waals surface area contributed by atoms with Gasteiger partial charge in [0.05, 0.1) is 0 Å². The zero-order valence-corrected chi connectivity index (χ0v) is 15.3. The van der Waals surface area contributed by atoms with Gasteiger partial charge in [0, 0.05) is 18.5 Å². The van der Waals surface area contributed by atoms with E-state index >= 15 is 0 Å². The summed E-state index contributed by atoms with van der Waals surface area (Å²) < 4.78 is 1.88. The van der Waals surface area contributed by atoms with E-state index in [9.17, 15) is 4.79 Å².